The van der Waals surface area contributed by atoms with Crippen LogP contribution in [-0.4, -0.2) is 92.7 Å². The molecule has 0 spiro atoms. The predicted octanol–water partition coefficient (Wildman–Crippen LogP) is 3.68. The number of benzene rings is 3. The molecule has 1 atom stereocenters. The highest BCUT2D eigenvalue weighted by Crippen LogP contribution is 2.37. The van der Waals surface area contributed by atoms with Gasteiger partial charge in [-0.2, -0.15) is 4.68 Å². The Balaban J connectivity index is 1.35. The van der Waals surface area contributed by atoms with Crippen molar-refractivity contribution in [2.45, 2.75) is 12.5 Å². The Hall–Kier alpha value is -5.14. The molecular weight excluding hydrogens is 615 g/mol. The standard InChI is InChI=1S/C32H30ClFN8O4/c1-39-15-17-40(18-16-39)26-4-2-3-23-22(26)13-14-41(30(23)31(44)36-21-7-5-20(6-8-21)32(45)46)28(43)12-9-24-27(42-19-35-37-38-42)11-10-25(33)29(24)34/h2-12,19,30H,13-18H2,1H3,(H,36,44)(H,45,46)/b12-9+/t30-/m0/s1. The Morgan fingerprint density at radius 1 is 1.00 bits per heavy atom. The number of anilines is 2. The van der Waals surface area contributed by atoms with Gasteiger partial charge in [0.25, 0.3) is 5.91 Å². The molecule has 4 aromatic rings. The second-order valence-electron chi connectivity index (χ2n) is 11.1. The minimum atomic E-state index is -1.08. The van der Waals surface area contributed by atoms with Gasteiger partial charge < -0.3 is 25.1 Å². The number of carbonyl (C=O) groups excluding carboxylic acids is 2. The second-order valence-corrected chi connectivity index (χ2v) is 11.5. The first-order chi connectivity index (χ1) is 22.2. The molecule has 14 heteroatoms. The number of amides is 2. The number of carboxylic acid groups (broad SMARTS) is 1. The van der Waals surface area contributed by atoms with E-state index in [1.54, 1.807) is 0 Å². The van der Waals surface area contributed by atoms with E-state index < -0.39 is 29.6 Å². The summed E-state index contributed by atoms with van der Waals surface area (Å²) in [6, 6.07) is 13.5. The third-order valence-electron chi connectivity index (χ3n) is 8.27. The van der Waals surface area contributed by atoms with Gasteiger partial charge in [-0.05, 0) is 83.6 Å². The fourth-order valence-electron chi connectivity index (χ4n) is 5.86. The summed E-state index contributed by atoms with van der Waals surface area (Å²) in [5.41, 5.74) is 3.44. The fourth-order valence-corrected chi connectivity index (χ4v) is 6.02. The Morgan fingerprint density at radius 2 is 1.76 bits per heavy atom. The summed E-state index contributed by atoms with van der Waals surface area (Å²) in [6.45, 7) is 3.71. The number of halogens is 2. The predicted molar refractivity (Wildman–Crippen MR) is 169 cm³/mol. The molecule has 3 heterocycles. The zero-order valence-corrected chi connectivity index (χ0v) is 25.6. The summed E-state index contributed by atoms with van der Waals surface area (Å²) >= 11 is 6.07. The number of fused-ring (bicyclic) bond motifs is 1. The van der Waals surface area contributed by atoms with E-state index in [0.717, 1.165) is 37.4 Å². The highest BCUT2D eigenvalue weighted by Gasteiger charge is 2.37. The maximum atomic E-state index is 15.2. The summed E-state index contributed by atoms with van der Waals surface area (Å²) in [7, 11) is 2.08. The Kier molecular flexibility index (Phi) is 8.77. The van der Waals surface area contributed by atoms with Crippen LogP contribution in [0.1, 0.15) is 33.1 Å². The maximum absolute atomic E-state index is 15.2. The molecule has 1 fully saturated rings. The van der Waals surface area contributed by atoms with E-state index >= 15 is 4.39 Å². The molecule has 0 radical (unpaired) electrons. The van der Waals surface area contributed by atoms with E-state index in [2.05, 4.69) is 37.7 Å². The van der Waals surface area contributed by atoms with Gasteiger partial charge in [0.15, 0.2) is 5.82 Å². The molecule has 0 unspecified atom stereocenters. The summed E-state index contributed by atoms with van der Waals surface area (Å²) in [4.78, 5) is 45.2. The van der Waals surface area contributed by atoms with Gasteiger partial charge in [0, 0.05) is 55.7 Å². The van der Waals surface area contributed by atoms with Crippen molar-refractivity contribution in [2.75, 3.05) is 50.0 Å². The lowest BCUT2D eigenvalue weighted by atomic mass is 9.89. The molecule has 46 heavy (non-hydrogen) atoms. The Labute approximate surface area is 268 Å². The van der Waals surface area contributed by atoms with E-state index in [1.807, 2.05) is 18.2 Å². The van der Waals surface area contributed by atoms with Crippen LogP contribution in [0.5, 0.6) is 0 Å². The molecule has 2 aliphatic rings. The number of carbonyl (C=O) groups is 3. The number of piperazine rings is 1. The van der Waals surface area contributed by atoms with Crippen LogP contribution in [-0.2, 0) is 16.0 Å². The molecule has 2 N–H and O–H groups in total. The number of hydrogen-bond acceptors (Lipinski definition) is 8. The number of aromatic carboxylic acids is 1. The molecule has 3 aromatic carbocycles. The number of hydrogen-bond donors (Lipinski definition) is 2. The molecule has 12 nitrogen and oxygen atoms in total. The van der Waals surface area contributed by atoms with Crippen LogP contribution in [0.15, 0.2) is 67.0 Å². The summed E-state index contributed by atoms with van der Waals surface area (Å²) in [6.07, 6.45) is 4.32. The maximum Gasteiger partial charge on any atom is 0.335 e. The second kappa shape index (κ2) is 13.1. The topological polar surface area (TPSA) is 137 Å². The summed E-state index contributed by atoms with van der Waals surface area (Å²) < 4.78 is 16.5. The number of tetrazole rings is 1. The van der Waals surface area contributed by atoms with Gasteiger partial charge in [-0.25, -0.2) is 9.18 Å². The summed E-state index contributed by atoms with van der Waals surface area (Å²) in [5, 5.41) is 23.0. The summed E-state index contributed by atoms with van der Waals surface area (Å²) in [5.74, 6) is -2.82. The van der Waals surface area contributed by atoms with Crippen LogP contribution in [0.25, 0.3) is 11.8 Å². The number of nitrogens with zero attached hydrogens (tertiary/aromatic N) is 7. The minimum Gasteiger partial charge on any atom is -0.478 e. The smallest absolute Gasteiger partial charge is 0.335 e. The largest absolute Gasteiger partial charge is 0.478 e. The molecule has 0 saturated carbocycles. The third kappa shape index (κ3) is 6.19. The molecule has 1 saturated heterocycles. The van der Waals surface area contributed by atoms with Crippen LogP contribution >= 0.6 is 11.6 Å². The first-order valence-corrected chi connectivity index (χ1v) is 15.0. The number of nitrogens with one attached hydrogen (secondary N) is 1. The van der Waals surface area contributed by atoms with Gasteiger partial charge in [-0.1, -0.05) is 23.7 Å². The zero-order chi connectivity index (χ0) is 32.4. The van der Waals surface area contributed by atoms with Crippen LogP contribution in [0.3, 0.4) is 0 Å². The van der Waals surface area contributed by atoms with Crippen molar-refractivity contribution < 1.29 is 23.9 Å². The molecule has 0 bridgehead atoms. The van der Waals surface area contributed by atoms with Gasteiger partial charge in [0.05, 0.1) is 16.3 Å². The van der Waals surface area contributed by atoms with Gasteiger partial charge in [0.2, 0.25) is 5.91 Å². The van der Waals surface area contributed by atoms with Crippen molar-refractivity contribution in [1.29, 1.82) is 0 Å². The van der Waals surface area contributed by atoms with E-state index in [9.17, 15) is 19.5 Å². The van der Waals surface area contributed by atoms with Crippen molar-refractivity contribution in [3.8, 4) is 5.69 Å². The van der Waals surface area contributed by atoms with Crippen molar-refractivity contribution in [3.63, 3.8) is 0 Å². The first kappa shape index (κ1) is 30.9. The molecule has 0 aliphatic carbocycles. The van der Waals surface area contributed by atoms with E-state index in [4.69, 9.17) is 11.6 Å². The highest BCUT2D eigenvalue weighted by atomic mass is 35.5. The minimum absolute atomic E-state index is 0.00225. The van der Waals surface area contributed by atoms with Gasteiger partial charge in [-0.15, -0.1) is 5.10 Å². The highest BCUT2D eigenvalue weighted by molar-refractivity contribution is 6.31. The number of aromatic nitrogens is 4. The van der Waals surface area contributed by atoms with Crippen molar-refractivity contribution in [3.05, 3.63) is 100 Å². The fraction of sp³-hybridized carbons (Fsp3) is 0.250. The SMILES string of the molecule is CN1CCN(c2cccc3c2CCN(C(=O)/C=C/c2c(-n4cnnn4)ccc(Cl)c2F)[C@@H]3C(=O)Nc2ccc(C(=O)O)cc2)CC1. The quantitative estimate of drug-likeness (QED) is 0.289. The lowest BCUT2D eigenvalue weighted by Gasteiger charge is -2.40. The molecular formula is C32H30ClFN8O4. The van der Waals surface area contributed by atoms with Crippen LogP contribution in [0.2, 0.25) is 5.02 Å². The Bertz CT molecular complexity index is 1810. The molecule has 1 aromatic heterocycles. The lowest BCUT2D eigenvalue weighted by molar-refractivity contribution is -0.135. The van der Waals surface area contributed by atoms with Gasteiger partial charge in [-0.3, -0.25) is 9.59 Å². The van der Waals surface area contributed by atoms with Crippen molar-refractivity contribution in [1.82, 2.24) is 30.0 Å². The molecule has 6 rings (SSSR count). The van der Waals surface area contributed by atoms with E-state index in [0.29, 0.717) is 17.7 Å². The van der Waals surface area contributed by atoms with Crippen LogP contribution in [0.4, 0.5) is 15.8 Å². The number of likely N-dealkylation sites (N-methyl/N-ethyl adjacent to an activating group) is 1. The first-order valence-electron chi connectivity index (χ1n) is 14.6. The monoisotopic (exact) mass is 644 g/mol. The average Bonchev–Trinajstić information content (AvgIpc) is 3.60. The number of rotatable bonds is 7. The Morgan fingerprint density at radius 3 is 2.46 bits per heavy atom. The number of carboxylic acids is 1. The van der Waals surface area contributed by atoms with Crippen molar-refractivity contribution >= 4 is 46.8 Å². The van der Waals surface area contributed by atoms with Gasteiger partial charge in [0.1, 0.15) is 12.4 Å². The molecule has 2 amide bonds. The average molecular weight is 645 g/mol. The van der Waals surface area contributed by atoms with Crippen LogP contribution in [0, 0.1) is 5.82 Å². The van der Waals surface area contributed by atoms with E-state index in [1.165, 1.54) is 64.5 Å². The van der Waals surface area contributed by atoms with Crippen molar-refractivity contribution in [2.24, 2.45) is 0 Å². The third-order valence-corrected chi connectivity index (χ3v) is 8.56. The molecule has 236 valence electrons. The zero-order valence-electron chi connectivity index (χ0n) is 24.8. The normalized spacial score (nSPS) is 16.8. The lowest BCUT2D eigenvalue weighted by Crippen LogP contribution is -2.47. The molecule has 2 aliphatic heterocycles. The van der Waals surface area contributed by atoms with Gasteiger partial charge >= 0.3 is 5.97 Å². The van der Waals surface area contributed by atoms with E-state index in [-0.39, 0.29) is 28.4 Å². The van der Waals surface area contributed by atoms with Crippen LogP contribution < -0.4 is 10.2 Å².